The van der Waals surface area contributed by atoms with Crippen LogP contribution in [0.2, 0.25) is 10.0 Å². The zero-order valence-corrected chi connectivity index (χ0v) is 17.7. The molecule has 2 aromatic rings. The molecular weight excluding hydrogens is 452 g/mol. The average Bonchev–Trinajstić information content (AvgIpc) is 2.60. The molecule has 0 aliphatic heterocycles. The minimum absolute atomic E-state index is 0.298. The number of hydrogen-bond acceptors (Lipinski definition) is 5. The van der Waals surface area contributed by atoms with Crippen LogP contribution in [0.4, 0.5) is 5.69 Å². The van der Waals surface area contributed by atoms with E-state index >= 15 is 0 Å². The Bertz CT molecular complexity index is 780. The molecule has 0 fully saturated rings. The molecule has 0 saturated carbocycles. The summed E-state index contributed by atoms with van der Waals surface area (Å²) in [5.74, 6) is -0.537. The van der Waals surface area contributed by atoms with Gasteiger partial charge in [0.25, 0.3) is 0 Å². The second-order valence-corrected chi connectivity index (χ2v) is 9.05. The molecule has 1 atom stereocenters. The summed E-state index contributed by atoms with van der Waals surface area (Å²) in [4.78, 5) is 0. The van der Waals surface area contributed by atoms with Crippen molar-refractivity contribution in [2.24, 2.45) is 0 Å². The number of anilines is 1. The van der Waals surface area contributed by atoms with E-state index in [1.54, 1.807) is 12.1 Å². The number of ether oxygens (including phenoxy) is 1. The van der Waals surface area contributed by atoms with Crippen molar-refractivity contribution in [3.05, 3.63) is 56.5 Å². The molecule has 136 valence electrons. The highest BCUT2D eigenvalue weighted by Crippen LogP contribution is 2.61. The molecule has 0 aromatic heterocycles. The zero-order chi connectivity index (χ0) is 18.6. The first-order valence-electron chi connectivity index (χ1n) is 7.11. The number of rotatable bonds is 7. The van der Waals surface area contributed by atoms with Crippen LogP contribution in [0.3, 0.4) is 0 Å². The van der Waals surface area contributed by atoms with Crippen LogP contribution in [-0.4, -0.2) is 21.3 Å². The van der Waals surface area contributed by atoms with E-state index in [2.05, 4.69) is 21.2 Å². The zero-order valence-electron chi connectivity index (χ0n) is 13.8. The molecule has 0 amide bonds. The van der Waals surface area contributed by atoms with Crippen molar-refractivity contribution in [3.8, 4) is 5.75 Å². The van der Waals surface area contributed by atoms with Crippen molar-refractivity contribution in [1.29, 1.82) is 0 Å². The van der Waals surface area contributed by atoms with E-state index in [0.717, 1.165) is 4.47 Å². The van der Waals surface area contributed by atoms with Crippen LogP contribution >= 0.6 is 46.7 Å². The minimum atomic E-state index is -3.59. The Morgan fingerprint density at radius 2 is 1.68 bits per heavy atom. The first-order valence-corrected chi connectivity index (χ1v) is 10.3. The van der Waals surface area contributed by atoms with E-state index in [1.807, 2.05) is 24.3 Å². The fraction of sp³-hybridized carbons (Fsp3) is 0.250. The fourth-order valence-corrected chi connectivity index (χ4v) is 4.58. The van der Waals surface area contributed by atoms with Crippen LogP contribution in [0.15, 0.2) is 40.9 Å². The van der Waals surface area contributed by atoms with Crippen molar-refractivity contribution < 1.29 is 18.3 Å². The van der Waals surface area contributed by atoms with E-state index in [-0.39, 0.29) is 0 Å². The summed E-state index contributed by atoms with van der Waals surface area (Å²) in [5.41, 5.74) is 1.18. The Labute approximate surface area is 165 Å². The summed E-state index contributed by atoms with van der Waals surface area (Å²) in [6, 6.07) is 10.5. The second-order valence-electron chi connectivity index (χ2n) is 4.97. The third kappa shape index (κ3) is 4.70. The highest BCUT2D eigenvalue weighted by molar-refractivity contribution is 9.10. The van der Waals surface area contributed by atoms with Gasteiger partial charge >= 0.3 is 7.60 Å². The van der Waals surface area contributed by atoms with Gasteiger partial charge in [0.1, 0.15) is 5.75 Å². The van der Waals surface area contributed by atoms with Gasteiger partial charge in [-0.15, -0.1) is 0 Å². The van der Waals surface area contributed by atoms with Crippen molar-refractivity contribution in [1.82, 2.24) is 0 Å². The molecule has 0 heterocycles. The minimum Gasteiger partial charge on any atom is -0.495 e. The maximum Gasteiger partial charge on any atom is 0.356 e. The quantitative estimate of drug-likeness (QED) is 0.479. The lowest BCUT2D eigenvalue weighted by atomic mass is 10.2. The number of benzene rings is 2. The van der Waals surface area contributed by atoms with Gasteiger partial charge in [-0.25, -0.2) is 0 Å². The molecule has 25 heavy (non-hydrogen) atoms. The summed E-state index contributed by atoms with van der Waals surface area (Å²) in [6.07, 6.45) is 0. The van der Waals surface area contributed by atoms with Crippen LogP contribution in [0, 0.1) is 0 Å². The molecule has 0 radical (unpaired) electrons. The predicted molar refractivity (Wildman–Crippen MR) is 105 cm³/mol. The van der Waals surface area contributed by atoms with Gasteiger partial charge in [-0.1, -0.05) is 39.1 Å². The van der Waals surface area contributed by atoms with Gasteiger partial charge in [0.2, 0.25) is 0 Å². The monoisotopic (exact) mass is 467 g/mol. The van der Waals surface area contributed by atoms with Gasteiger partial charge in [-0.2, -0.15) is 0 Å². The Morgan fingerprint density at radius 3 is 2.20 bits per heavy atom. The van der Waals surface area contributed by atoms with Gasteiger partial charge in [0, 0.05) is 35.0 Å². The van der Waals surface area contributed by atoms with Crippen molar-refractivity contribution >= 4 is 52.4 Å². The van der Waals surface area contributed by atoms with Gasteiger partial charge in [0.05, 0.1) is 12.1 Å². The van der Waals surface area contributed by atoms with Crippen LogP contribution in [0.1, 0.15) is 11.3 Å². The molecule has 1 N–H and O–H groups in total. The molecule has 0 aliphatic rings. The highest BCUT2D eigenvalue weighted by Gasteiger charge is 2.38. The number of hydrogen-bond donors (Lipinski definition) is 1. The number of nitrogens with one attached hydrogen (secondary N) is 1. The summed E-state index contributed by atoms with van der Waals surface area (Å²) in [7, 11) is 0.519. The van der Waals surface area contributed by atoms with E-state index < -0.39 is 13.4 Å². The molecular formula is C16H17BrCl2NO4P. The highest BCUT2D eigenvalue weighted by atomic mass is 79.9. The summed E-state index contributed by atoms with van der Waals surface area (Å²) in [6.45, 7) is 0. The van der Waals surface area contributed by atoms with Gasteiger partial charge in [0.15, 0.2) is 5.78 Å². The molecule has 0 aliphatic carbocycles. The molecule has 0 spiro atoms. The molecule has 0 saturated heterocycles. The van der Waals surface area contributed by atoms with Gasteiger partial charge in [-0.3, -0.25) is 4.57 Å². The van der Waals surface area contributed by atoms with E-state index in [0.29, 0.717) is 27.0 Å². The molecule has 0 unspecified atom stereocenters. The molecule has 9 heteroatoms. The first-order chi connectivity index (χ1) is 11.8. The van der Waals surface area contributed by atoms with E-state index in [1.165, 1.54) is 21.3 Å². The molecule has 5 nitrogen and oxygen atoms in total. The Hall–Kier alpha value is -0.750. The average molecular weight is 469 g/mol. The van der Waals surface area contributed by atoms with E-state index in [9.17, 15) is 4.57 Å². The fourth-order valence-electron chi connectivity index (χ4n) is 2.32. The van der Waals surface area contributed by atoms with Crippen LogP contribution in [-0.2, 0) is 13.6 Å². The maximum atomic E-state index is 13.2. The smallest absolute Gasteiger partial charge is 0.356 e. The number of halogens is 3. The number of methoxy groups -OCH3 is 1. The van der Waals surface area contributed by atoms with E-state index in [4.69, 9.17) is 37.0 Å². The summed E-state index contributed by atoms with van der Waals surface area (Å²) < 4.78 is 29.9. The van der Waals surface area contributed by atoms with Crippen molar-refractivity contribution in [2.45, 2.75) is 5.78 Å². The lowest BCUT2D eigenvalue weighted by Gasteiger charge is -2.28. The maximum absolute atomic E-state index is 13.2. The largest absolute Gasteiger partial charge is 0.495 e. The van der Waals surface area contributed by atoms with Crippen molar-refractivity contribution in [2.75, 3.05) is 26.6 Å². The standard InChI is InChI=1S/C16H17BrCl2NO4P/c1-22-15-13(8-11(18)9-14(15)19)16(25(21,23-2)24-3)20-12-6-4-10(17)5-7-12/h4-9,16,20H,1-3H3/t16-/m1/s1. The molecule has 0 bridgehead atoms. The van der Waals surface area contributed by atoms with Crippen LogP contribution in [0.25, 0.3) is 0 Å². The first kappa shape index (κ1) is 20.6. The Morgan fingerprint density at radius 1 is 1.08 bits per heavy atom. The second kappa shape index (κ2) is 8.76. The summed E-state index contributed by atoms with van der Waals surface area (Å²) >= 11 is 15.7. The van der Waals surface area contributed by atoms with Gasteiger partial charge in [-0.05, 0) is 36.4 Å². The third-order valence-electron chi connectivity index (χ3n) is 3.51. The van der Waals surface area contributed by atoms with Crippen LogP contribution < -0.4 is 10.1 Å². The lowest BCUT2D eigenvalue weighted by Crippen LogP contribution is -2.15. The Kier molecular flexibility index (Phi) is 7.20. The molecule has 2 rings (SSSR count). The van der Waals surface area contributed by atoms with Gasteiger partial charge < -0.3 is 19.1 Å². The topological polar surface area (TPSA) is 56.8 Å². The molecule has 2 aromatic carbocycles. The Balaban J connectivity index is 2.60. The van der Waals surface area contributed by atoms with Crippen molar-refractivity contribution in [3.63, 3.8) is 0 Å². The SMILES string of the molecule is COc1c(Cl)cc(Cl)cc1[C@H](Nc1ccc(Br)cc1)P(=O)(OC)OC. The van der Waals surface area contributed by atoms with Crippen LogP contribution in [0.5, 0.6) is 5.75 Å². The normalized spacial score (nSPS) is 12.7. The lowest BCUT2D eigenvalue weighted by molar-refractivity contribution is 0.267. The predicted octanol–water partition coefficient (Wildman–Crippen LogP) is 6.36. The summed E-state index contributed by atoms with van der Waals surface area (Å²) in [5, 5.41) is 3.84. The third-order valence-corrected chi connectivity index (χ3v) is 6.59.